The normalized spacial score (nSPS) is 16.6. The van der Waals surface area contributed by atoms with E-state index in [-0.39, 0.29) is 24.8 Å². The number of halogens is 1. The summed E-state index contributed by atoms with van der Waals surface area (Å²) in [4.78, 5) is 27.0. The highest BCUT2D eigenvalue weighted by Gasteiger charge is 2.39. The van der Waals surface area contributed by atoms with Crippen LogP contribution in [0.5, 0.6) is 0 Å². The third kappa shape index (κ3) is 5.40. The molecule has 0 bridgehead atoms. The number of benzene rings is 2. The number of amides is 2. The summed E-state index contributed by atoms with van der Waals surface area (Å²) in [6.45, 7) is 0.522. The summed E-state index contributed by atoms with van der Waals surface area (Å²) in [6, 6.07) is 15.9. The summed E-state index contributed by atoms with van der Waals surface area (Å²) < 4.78 is 5.45. The summed E-state index contributed by atoms with van der Waals surface area (Å²) in [5.74, 6) is -1.32. The molecule has 0 spiro atoms. The maximum atomic E-state index is 13.0. The molecule has 1 fully saturated rings. The molecule has 3 aromatic rings. The fraction of sp³-hybridized carbons (Fsp3) is 0.174. The molecule has 2 atom stereocenters. The van der Waals surface area contributed by atoms with Crippen LogP contribution in [0.25, 0.3) is 11.1 Å². The lowest BCUT2D eigenvalue weighted by Gasteiger charge is -2.34. The van der Waals surface area contributed by atoms with E-state index in [2.05, 4.69) is 5.32 Å². The molecular formula is C23H23ClN4O4S. The van der Waals surface area contributed by atoms with Gasteiger partial charge in [0.2, 0.25) is 0 Å². The summed E-state index contributed by atoms with van der Waals surface area (Å²) in [7, 11) is 0. The number of carbonyl (C=O) groups is 2. The van der Waals surface area contributed by atoms with E-state index in [1.807, 2.05) is 41.1 Å². The molecule has 1 aromatic heterocycles. The molecule has 10 heteroatoms. The number of aliphatic hydroxyl groups excluding tert-OH is 1. The molecule has 5 N–H and O–H groups in total. The number of ether oxygens (including phenoxy) is 1. The van der Waals surface area contributed by atoms with Gasteiger partial charge in [0.05, 0.1) is 6.61 Å². The van der Waals surface area contributed by atoms with E-state index in [0.29, 0.717) is 23.5 Å². The van der Waals surface area contributed by atoms with Crippen molar-refractivity contribution in [3.63, 3.8) is 0 Å². The van der Waals surface area contributed by atoms with Crippen molar-refractivity contribution in [2.75, 3.05) is 23.4 Å². The molecular weight excluding hydrogens is 464 g/mol. The second-order valence-corrected chi connectivity index (χ2v) is 8.05. The predicted molar refractivity (Wildman–Crippen MR) is 131 cm³/mol. The van der Waals surface area contributed by atoms with Crippen molar-refractivity contribution in [2.24, 2.45) is 5.73 Å². The predicted octanol–water partition coefficient (Wildman–Crippen LogP) is 2.85. The molecule has 172 valence electrons. The minimum Gasteiger partial charge on any atom is -0.384 e. The van der Waals surface area contributed by atoms with Crippen LogP contribution in [0.3, 0.4) is 0 Å². The van der Waals surface area contributed by atoms with Gasteiger partial charge < -0.3 is 25.8 Å². The second-order valence-electron chi connectivity index (χ2n) is 7.27. The van der Waals surface area contributed by atoms with E-state index >= 15 is 0 Å². The highest BCUT2D eigenvalue weighted by atomic mass is 35.5. The van der Waals surface area contributed by atoms with Gasteiger partial charge in [-0.15, -0.1) is 12.4 Å². The van der Waals surface area contributed by atoms with Crippen LogP contribution in [0.2, 0.25) is 0 Å². The molecule has 1 aliphatic heterocycles. The maximum Gasteiger partial charge on any atom is 0.259 e. The largest absolute Gasteiger partial charge is 0.384 e. The number of nitrogen functional groups attached to an aromatic ring is 1. The van der Waals surface area contributed by atoms with Gasteiger partial charge >= 0.3 is 0 Å². The van der Waals surface area contributed by atoms with Crippen LogP contribution in [0.1, 0.15) is 5.56 Å². The third-order valence-electron chi connectivity index (χ3n) is 5.17. The molecule has 0 saturated carbocycles. The molecule has 2 amide bonds. The van der Waals surface area contributed by atoms with E-state index in [9.17, 15) is 14.7 Å². The first kappa shape index (κ1) is 24.4. The first-order chi connectivity index (χ1) is 15.4. The van der Waals surface area contributed by atoms with Crippen molar-refractivity contribution in [3.8, 4) is 11.1 Å². The van der Waals surface area contributed by atoms with Gasteiger partial charge in [0.15, 0.2) is 12.2 Å². The number of anilines is 2. The molecule has 8 nitrogen and oxygen atoms in total. The lowest BCUT2D eigenvalue weighted by atomic mass is 10.1. The van der Waals surface area contributed by atoms with Crippen LogP contribution in [-0.4, -0.2) is 48.1 Å². The van der Waals surface area contributed by atoms with Gasteiger partial charge in [-0.25, -0.2) is 0 Å². The Labute approximate surface area is 200 Å². The van der Waals surface area contributed by atoms with Gasteiger partial charge in [0.1, 0.15) is 5.84 Å². The Morgan fingerprint density at radius 1 is 1.15 bits per heavy atom. The standard InChI is InChI=1S/C23H22N4O4S.ClH/c24-21(25)15-1-5-17(6-2-15)26-22(29)19(28)20-23(30)27(10-11-31-20)18-7-3-14(4-8-18)16-9-12-32-13-16;/h1-9,12-13,19-20,28H,10-11H2,(H3,24,25)(H,26,29);1H/t19?,20-;/m1./s1. The van der Waals surface area contributed by atoms with Crippen LogP contribution < -0.4 is 16.0 Å². The minimum atomic E-state index is -1.68. The Balaban J connectivity index is 0.00000306. The van der Waals surface area contributed by atoms with Gasteiger partial charge in [0.25, 0.3) is 11.8 Å². The van der Waals surface area contributed by atoms with Gasteiger partial charge in [-0.3, -0.25) is 15.0 Å². The monoisotopic (exact) mass is 486 g/mol. The van der Waals surface area contributed by atoms with Crippen molar-refractivity contribution in [1.82, 2.24) is 0 Å². The van der Waals surface area contributed by atoms with Crippen LogP contribution in [-0.2, 0) is 14.3 Å². The number of hydrogen-bond acceptors (Lipinski definition) is 6. The summed E-state index contributed by atoms with van der Waals surface area (Å²) >= 11 is 1.61. The molecule has 1 saturated heterocycles. The topological polar surface area (TPSA) is 129 Å². The molecule has 33 heavy (non-hydrogen) atoms. The number of amidine groups is 1. The fourth-order valence-electron chi connectivity index (χ4n) is 3.44. The second kappa shape index (κ2) is 10.6. The highest BCUT2D eigenvalue weighted by molar-refractivity contribution is 7.08. The number of aliphatic hydroxyl groups is 1. The molecule has 2 aromatic carbocycles. The lowest BCUT2D eigenvalue weighted by molar-refractivity contribution is -0.150. The number of nitrogens with zero attached hydrogens (tertiary/aromatic N) is 1. The Kier molecular flexibility index (Phi) is 7.83. The first-order valence-corrected chi connectivity index (χ1v) is 10.9. The molecule has 4 rings (SSSR count). The summed E-state index contributed by atoms with van der Waals surface area (Å²) in [5.41, 5.74) is 9.16. The van der Waals surface area contributed by atoms with Gasteiger partial charge in [-0.1, -0.05) is 12.1 Å². The molecule has 1 aliphatic rings. The number of rotatable bonds is 6. The Hall–Kier alpha value is -3.24. The fourth-order valence-corrected chi connectivity index (χ4v) is 4.10. The van der Waals surface area contributed by atoms with E-state index in [4.69, 9.17) is 15.9 Å². The molecule has 1 unspecified atom stereocenters. The van der Waals surface area contributed by atoms with Crippen LogP contribution >= 0.6 is 23.7 Å². The van der Waals surface area contributed by atoms with E-state index in [1.54, 1.807) is 35.6 Å². The van der Waals surface area contributed by atoms with Crippen molar-refractivity contribution in [2.45, 2.75) is 12.2 Å². The van der Waals surface area contributed by atoms with Gasteiger partial charge in [0, 0.05) is 23.5 Å². The Bertz CT molecular complexity index is 1120. The van der Waals surface area contributed by atoms with E-state index in [1.165, 1.54) is 4.90 Å². The van der Waals surface area contributed by atoms with Crippen molar-refractivity contribution < 1.29 is 19.4 Å². The summed E-state index contributed by atoms with van der Waals surface area (Å²) in [6.07, 6.45) is -2.99. The number of nitrogens with two attached hydrogens (primary N) is 1. The third-order valence-corrected chi connectivity index (χ3v) is 5.86. The molecule has 0 radical (unpaired) electrons. The molecule has 0 aliphatic carbocycles. The average Bonchev–Trinajstić information content (AvgIpc) is 3.34. The van der Waals surface area contributed by atoms with Crippen molar-refractivity contribution in [3.05, 3.63) is 70.9 Å². The number of morpholine rings is 1. The zero-order valence-electron chi connectivity index (χ0n) is 17.4. The maximum absolute atomic E-state index is 13.0. The Morgan fingerprint density at radius 3 is 2.45 bits per heavy atom. The lowest BCUT2D eigenvalue weighted by Crippen LogP contribution is -2.55. The van der Waals surface area contributed by atoms with Crippen LogP contribution in [0.4, 0.5) is 11.4 Å². The SMILES string of the molecule is Cl.N=C(N)c1ccc(NC(=O)C(O)[C@H]2OCCN(c3ccc(-c4ccsc4)cc3)C2=O)cc1. The van der Waals surface area contributed by atoms with Gasteiger partial charge in [-0.2, -0.15) is 11.3 Å². The van der Waals surface area contributed by atoms with Crippen molar-refractivity contribution in [1.29, 1.82) is 5.41 Å². The van der Waals surface area contributed by atoms with Crippen LogP contribution in [0, 0.1) is 5.41 Å². The smallest absolute Gasteiger partial charge is 0.259 e. The Morgan fingerprint density at radius 2 is 1.85 bits per heavy atom. The minimum absolute atomic E-state index is 0. The number of nitrogens with one attached hydrogen (secondary N) is 2. The number of hydrogen-bond donors (Lipinski definition) is 4. The quantitative estimate of drug-likeness (QED) is 0.314. The molecule has 2 heterocycles. The van der Waals surface area contributed by atoms with E-state index < -0.39 is 24.0 Å². The highest BCUT2D eigenvalue weighted by Crippen LogP contribution is 2.27. The average molecular weight is 487 g/mol. The van der Waals surface area contributed by atoms with Crippen molar-refractivity contribution >= 4 is 52.8 Å². The first-order valence-electron chi connectivity index (χ1n) is 9.93. The number of thiophene rings is 1. The zero-order valence-corrected chi connectivity index (χ0v) is 19.1. The van der Waals surface area contributed by atoms with E-state index in [0.717, 1.165) is 11.1 Å². The van der Waals surface area contributed by atoms with Crippen LogP contribution in [0.15, 0.2) is 65.4 Å². The number of carbonyl (C=O) groups excluding carboxylic acids is 2. The zero-order chi connectivity index (χ0) is 22.7. The van der Waals surface area contributed by atoms with Gasteiger partial charge in [-0.05, 0) is 64.4 Å². The summed E-state index contributed by atoms with van der Waals surface area (Å²) in [5, 5.41) is 24.5.